The van der Waals surface area contributed by atoms with Gasteiger partial charge in [0.1, 0.15) is 0 Å². The summed E-state index contributed by atoms with van der Waals surface area (Å²) in [6, 6.07) is 10.3. The SMILES string of the molecule is CC(C)(C)[Si](C)(C)O[C@@H]1CCC[C@@]2(C)CC(=O)/C(=C\c3ccccc3)C[C@@]12C. The van der Waals surface area contributed by atoms with Crippen LogP contribution in [0.15, 0.2) is 35.9 Å². The van der Waals surface area contributed by atoms with Crippen molar-refractivity contribution in [3.8, 4) is 0 Å². The highest BCUT2D eigenvalue weighted by Crippen LogP contribution is 2.60. The van der Waals surface area contributed by atoms with Gasteiger partial charge in [-0.2, -0.15) is 0 Å². The standard InChI is InChI=1S/C25H38O2Si/c1-23(2,3)28(6,7)27-22-14-11-15-24(4)18-21(26)20(17-25(22,24)5)16-19-12-9-8-10-13-19/h8-10,12-13,16,22H,11,14-15,17-18H2,1-7H3/b20-16-/t22-,24+,25+/m1/s1. The molecule has 0 unspecified atom stereocenters. The van der Waals surface area contributed by atoms with Gasteiger partial charge in [-0.15, -0.1) is 0 Å². The maximum absolute atomic E-state index is 13.1. The maximum atomic E-state index is 13.1. The van der Waals surface area contributed by atoms with E-state index in [4.69, 9.17) is 4.43 Å². The van der Waals surface area contributed by atoms with Gasteiger partial charge in [0.2, 0.25) is 0 Å². The van der Waals surface area contributed by atoms with E-state index in [1.165, 1.54) is 0 Å². The van der Waals surface area contributed by atoms with Crippen molar-refractivity contribution in [3.05, 3.63) is 41.5 Å². The van der Waals surface area contributed by atoms with Crippen molar-refractivity contribution in [2.24, 2.45) is 10.8 Å². The van der Waals surface area contributed by atoms with Crippen molar-refractivity contribution in [1.29, 1.82) is 0 Å². The summed E-state index contributed by atoms with van der Waals surface area (Å²) >= 11 is 0. The van der Waals surface area contributed by atoms with Gasteiger partial charge in [-0.25, -0.2) is 0 Å². The van der Waals surface area contributed by atoms with Crippen molar-refractivity contribution in [1.82, 2.24) is 0 Å². The zero-order valence-corrected chi connectivity index (χ0v) is 19.9. The minimum Gasteiger partial charge on any atom is -0.413 e. The number of rotatable bonds is 3. The van der Waals surface area contributed by atoms with Crippen LogP contribution in [0, 0.1) is 10.8 Å². The van der Waals surface area contributed by atoms with Gasteiger partial charge in [-0.1, -0.05) is 71.4 Å². The van der Waals surface area contributed by atoms with Crippen LogP contribution in [0.1, 0.15) is 72.3 Å². The van der Waals surface area contributed by atoms with E-state index in [1.54, 1.807) is 0 Å². The minimum atomic E-state index is -1.87. The first-order chi connectivity index (χ1) is 12.9. The molecule has 0 saturated heterocycles. The maximum Gasteiger partial charge on any atom is 0.192 e. The molecule has 0 heterocycles. The minimum absolute atomic E-state index is 0.00922. The van der Waals surface area contributed by atoms with E-state index < -0.39 is 8.32 Å². The lowest BCUT2D eigenvalue weighted by Crippen LogP contribution is -2.58. The van der Waals surface area contributed by atoms with Gasteiger partial charge in [-0.05, 0) is 60.0 Å². The van der Waals surface area contributed by atoms with E-state index in [1.807, 2.05) is 18.2 Å². The Morgan fingerprint density at radius 2 is 1.75 bits per heavy atom. The molecular weight excluding hydrogens is 360 g/mol. The first-order valence-electron chi connectivity index (χ1n) is 10.8. The number of carbonyl (C=O) groups excluding carboxylic acids is 1. The van der Waals surface area contributed by atoms with Gasteiger partial charge in [0.05, 0.1) is 6.10 Å². The summed E-state index contributed by atoms with van der Waals surface area (Å²) < 4.78 is 7.02. The lowest BCUT2D eigenvalue weighted by atomic mass is 9.49. The summed E-state index contributed by atoms with van der Waals surface area (Å²) in [6.07, 6.45) is 7.24. The second kappa shape index (κ2) is 7.25. The first kappa shape index (κ1) is 21.5. The summed E-state index contributed by atoms with van der Waals surface area (Å²) in [6.45, 7) is 16.4. The third-order valence-corrected chi connectivity index (χ3v) is 12.6. The van der Waals surface area contributed by atoms with Gasteiger partial charge in [-0.3, -0.25) is 4.79 Å². The second-order valence-corrected chi connectivity index (χ2v) is 15.9. The van der Waals surface area contributed by atoms with E-state index in [2.05, 4.69) is 65.9 Å². The van der Waals surface area contributed by atoms with E-state index in [0.717, 1.165) is 36.8 Å². The molecule has 2 fully saturated rings. The molecular formula is C25H38O2Si. The monoisotopic (exact) mass is 398 g/mol. The van der Waals surface area contributed by atoms with E-state index >= 15 is 0 Å². The normalized spacial score (nSPS) is 33.0. The Balaban J connectivity index is 1.95. The molecule has 2 aliphatic rings. The van der Waals surface area contributed by atoms with Crippen LogP contribution in [0.4, 0.5) is 0 Å². The highest BCUT2D eigenvalue weighted by molar-refractivity contribution is 6.74. The Morgan fingerprint density at radius 1 is 1.11 bits per heavy atom. The molecule has 0 spiro atoms. The molecule has 3 atom stereocenters. The zero-order chi connectivity index (χ0) is 20.8. The second-order valence-electron chi connectivity index (χ2n) is 11.1. The molecule has 0 aromatic heterocycles. The Morgan fingerprint density at radius 3 is 2.36 bits per heavy atom. The fraction of sp³-hybridized carbons (Fsp3) is 0.640. The fourth-order valence-corrected chi connectivity index (χ4v) is 6.30. The molecule has 3 rings (SSSR count). The summed E-state index contributed by atoms with van der Waals surface area (Å²) in [5.41, 5.74) is 2.14. The largest absolute Gasteiger partial charge is 0.413 e. The number of benzene rings is 1. The van der Waals surface area contributed by atoms with E-state index in [-0.39, 0.29) is 22.0 Å². The third-order valence-electron chi connectivity index (χ3n) is 8.13. The van der Waals surface area contributed by atoms with Crippen molar-refractivity contribution in [2.75, 3.05) is 0 Å². The van der Waals surface area contributed by atoms with Gasteiger partial charge < -0.3 is 4.43 Å². The summed E-state index contributed by atoms with van der Waals surface area (Å²) in [4.78, 5) is 13.1. The van der Waals surface area contributed by atoms with E-state index in [0.29, 0.717) is 12.2 Å². The summed E-state index contributed by atoms with van der Waals surface area (Å²) in [5.74, 6) is 0.330. The quantitative estimate of drug-likeness (QED) is 0.404. The summed E-state index contributed by atoms with van der Waals surface area (Å²) in [5, 5.41) is 0.199. The number of fused-ring (bicyclic) bond motifs is 1. The Kier molecular flexibility index (Phi) is 5.57. The average Bonchev–Trinajstić information content (AvgIpc) is 2.58. The van der Waals surface area contributed by atoms with Crippen LogP contribution in [0.5, 0.6) is 0 Å². The molecule has 0 aliphatic heterocycles. The number of ketones is 1. The lowest BCUT2D eigenvalue weighted by Gasteiger charge is -2.59. The molecule has 28 heavy (non-hydrogen) atoms. The number of Topliss-reactive ketones (excluding diaryl/α,β-unsaturated/α-hetero) is 1. The van der Waals surface area contributed by atoms with Crippen LogP contribution in [0.2, 0.25) is 18.1 Å². The van der Waals surface area contributed by atoms with E-state index in [9.17, 15) is 4.79 Å². The molecule has 0 amide bonds. The molecule has 154 valence electrons. The predicted molar refractivity (Wildman–Crippen MR) is 121 cm³/mol. The van der Waals surface area contributed by atoms with Crippen molar-refractivity contribution < 1.29 is 9.22 Å². The highest BCUT2D eigenvalue weighted by Gasteiger charge is 2.57. The van der Waals surface area contributed by atoms with Crippen LogP contribution < -0.4 is 0 Å². The third kappa shape index (κ3) is 3.80. The molecule has 2 nitrogen and oxygen atoms in total. The topological polar surface area (TPSA) is 26.3 Å². The van der Waals surface area contributed by atoms with Crippen LogP contribution in [0.25, 0.3) is 6.08 Å². The molecule has 3 heteroatoms. The zero-order valence-electron chi connectivity index (χ0n) is 18.9. The highest BCUT2D eigenvalue weighted by atomic mass is 28.4. The van der Waals surface area contributed by atoms with Crippen LogP contribution in [-0.4, -0.2) is 20.2 Å². The predicted octanol–water partition coefficient (Wildman–Crippen LogP) is 7.02. The van der Waals surface area contributed by atoms with Crippen LogP contribution in [-0.2, 0) is 9.22 Å². The molecule has 1 aromatic carbocycles. The molecule has 2 saturated carbocycles. The lowest BCUT2D eigenvalue weighted by molar-refractivity contribution is -0.137. The Bertz CT molecular complexity index is 759. The van der Waals surface area contributed by atoms with Gasteiger partial charge in [0.15, 0.2) is 14.1 Å². The van der Waals surface area contributed by atoms with Crippen molar-refractivity contribution in [3.63, 3.8) is 0 Å². The summed E-state index contributed by atoms with van der Waals surface area (Å²) in [7, 11) is -1.87. The number of hydrogen-bond acceptors (Lipinski definition) is 2. The van der Waals surface area contributed by atoms with Gasteiger partial charge in [0, 0.05) is 11.8 Å². The van der Waals surface area contributed by atoms with Gasteiger partial charge in [0.25, 0.3) is 0 Å². The molecule has 0 radical (unpaired) electrons. The van der Waals surface area contributed by atoms with Crippen molar-refractivity contribution >= 4 is 20.2 Å². The number of hydrogen-bond donors (Lipinski definition) is 0. The number of carbonyl (C=O) groups is 1. The fourth-order valence-electron chi connectivity index (χ4n) is 4.85. The van der Waals surface area contributed by atoms with Crippen LogP contribution in [0.3, 0.4) is 0 Å². The van der Waals surface area contributed by atoms with Crippen LogP contribution >= 0.6 is 0 Å². The van der Waals surface area contributed by atoms with Gasteiger partial charge >= 0.3 is 0 Å². The molecule has 0 N–H and O–H groups in total. The first-order valence-corrected chi connectivity index (χ1v) is 13.8. The average molecular weight is 399 g/mol. The molecule has 0 bridgehead atoms. The smallest absolute Gasteiger partial charge is 0.192 e. The Hall–Kier alpha value is -1.19. The molecule has 2 aliphatic carbocycles. The molecule has 1 aromatic rings. The Labute approximate surface area is 172 Å². The van der Waals surface area contributed by atoms with Crippen molar-refractivity contribution in [2.45, 2.75) is 91.0 Å². The number of allylic oxidation sites excluding steroid dienone is 1.